The summed E-state index contributed by atoms with van der Waals surface area (Å²) in [6.45, 7) is 0. The fourth-order valence-corrected chi connectivity index (χ4v) is 3.31. The van der Waals surface area contributed by atoms with Gasteiger partial charge in [-0.2, -0.15) is 0 Å². The normalized spacial score (nSPS) is 11.0. The molecule has 0 unspecified atom stereocenters. The maximum Gasteiger partial charge on any atom is 0.0639 e. The van der Waals surface area contributed by atoms with Crippen molar-refractivity contribution in [1.82, 2.24) is 0 Å². The molecule has 0 fully saturated rings. The number of rotatable bonds is 1. The molecule has 2 aromatic rings. The molecule has 1 aromatic carbocycles. The summed E-state index contributed by atoms with van der Waals surface area (Å²) in [4.78, 5) is 0.867. The van der Waals surface area contributed by atoms with Crippen LogP contribution in [-0.4, -0.2) is 0 Å². The van der Waals surface area contributed by atoms with E-state index in [-0.39, 0.29) is 0 Å². The summed E-state index contributed by atoms with van der Waals surface area (Å²) in [6, 6.07) is 4.03. The van der Waals surface area contributed by atoms with E-state index in [1.807, 2.05) is 17.5 Å². The number of fused-ring (bicyclic) bond motifs is 1. The van der Waals surface area contributed by atoms with Gasteiger partial charge in [0.15, 0.2) is 0 Å². The third-order valence-corrected chi connectivity index (χ3v) is 4.04. The van der Waals surface area contributed by atoms with E-state index in [2.05, 4.69) is 12.6 Å². The topological polar surface area (TPSA) is 0 Å². The molecule has 2 rings (SSSR count). The van der Waals surface area contributed by atoms with Gasteiger partial charge in [-0.25, -0.2) is 0 Å². The summed E-state index contributed by atoms with van der Waals surface area (Å²) in [6.07, 6.45) is 0. The maximum atomic E-state index is 6.17. The molecule has 0 aliphatic carbocycles. The number of benzene rings is 1. The van der Waals surface area contributed by atoms with Gasteiger partial charge in [-0.05, 0) is 22.9 Å². The van der Waals surface area contributed by atoms with Gasteiger partial charge in [0.1, 0.15) is 0 Å². The molecule has 68 valence electrons. The molecule has 1 heterocycles. The monoisotopic (exact) mass is 248 g/mol. The Kier molecular flexibility index (Phi) is 2.75. The molecular weight excluding hydrogens is 243 g/mol. The van der Waals surface area contributed by atoms with Crippen molar-refractivity contribution in [2.45, 2.75) is 10.8 Å². The van der Waals surface area contributed by atoms with E-state index in [9.17, 15) is 0 Å². The van der Waals surface area contributed by atoms with Gasteiger partial charge in [-0.15, -0.1) is 35.6 Å². The minimum absolute atomic E-state index is 0.408. The Bertz CT molecular complexity index is 448. The molecule has 4 heteroatoms. The lowest BCUT2D eigenvalue weighted by Gasteiger charge is -2.04. The van der Waals surface area contributed by atoms with Crippen molar-refractivity contribution in [2.24, 2.45) is 0 Å². The van der Waals surface area contributed by atoms with Crippen molar-refractivity contribution in [1.29, 1.82) is 0 Å². The minimum atomic E-state index is 0.408. The zero-order chi connectivity index (χ0) is 9.42. The largest absolute Gasteiger partial charge is 0.143 e. The summed E-state index contributed by atoms with van der Waals surface area (Å²) in [5.41, 5.74) is 0.918. The highest BCUT2D eigenvalue weighted by Crippen LogP contribution is 2.36. The molecule has 0 atom stereocenters. The number of alkyl halides is 1. The summed E-state index contributed by atoms with van der Waals surface area (Å²) in [5, 5.41) is 3.89. The van der Waals surface area contributed by atoms with E-state index >= 15 is 0 Å². The lowest BCUT2D eigenvalue weighted by Crippen LogP contribution is -1.83. The zero-order valence-electron chi connectivity index (χ0n) is 6.55. The van der Waals surface area contributed by atoms with Crippen LogP contribution in [0.4, 0.5) is 0 Å². The first-order valence-corrected chi connectivity index (χ1v) is 5.91. The molecular formula is C9H6Cl2S2. The highest BCUT2D eigenvalue weighted by atomic mass is 35.5. The van der Waals surface area contributed by atoms with Gasteiger partial charge in [0.2, 0.25) is 0 Å². The molecule has 0 saturated carbocycles. The van der Waals surface area contributed by atoms with Crippen molar-refractivity contribution in [3.05, 3.63) is 28.1 Å². The lowest BCUT2D eigenvalue weighted by molar-refractivity contribution is 1.30. The van der Waals surface area contributed by atoms with Gasteiger partial charge in [0, 0.05) is 16.3 Å². The molecule has 0 amide bonds. The first kappa shape index (κ1) is 9.66. The van der Waals surface area contributed by atoms with Crippen LogP contribution in [0.25, 0.3) is 10.1 Å². The van der Waals surface area contributed by atoms with Crippen molar-refractivity contribution in [3.63, 3.8) is 0 Å². The first-order chi connectivity index (χ1) is 6.24. The van der Waals surface area contributed by atoms with Gasteiger partial charge in [0.25, 0.3) is 0 Å². The predicted molar refractivity (Wildman–Crippen MR) is 63.6 cm³/mol. The second-order valence-corrected chi connectivity index (χ2v) is 4.70. The number of hydrogen-bond acceptors (Lipinski definition) is 2. The number of halogens is 2. The van der Waals surface area contributed by atoms with Crippen molar-refractivity contribution < 1.29 is 0 Å². The summed E-state index contributed by atoms with van der Waals surface area (Å²) in [7, 11) is 0. The smallest absolute Gasteiger partial charge is 0.0639 e. The van der Waals surface area contributed by atoms with Gasteiger partial charge < -0.3 is 0 Å². The average molecular weight is 249 g/mol. The second-order valence-electron chi connectivity index (χ2n) is 2.66. The standard InChI is InChI=1S/C9H6Cl2S2/c10-4-6-7(12)3-5-1-2-13-9(5)8(6)11/h1-3,12H,4H2. The zero-order valence-corrected chi connectivity index (χ0v) is 9.77. The maximum absolute atomic E-state index is 6.17. The third kappa shape index (κ3) is 1.57. The predicted octanol–water partition coefficient (Wildman–Crippen LogP) is 4.58. The first-order valence-electron chi connectivity index (χ1n) is 3.67. The van der Waals surface area contributed by atoms with Crippen LogP contribution in [0.1, 0.15) is 5.56 Å². The fourth-order valence-electron chi connectivity index (χ4n) is 1.22. The van der Waals surface area contributed by atoms with Gasteiger partial charge in [-0.1, -0.05) is 11.6 Å². The van der Waals surface area contributed by atoms with E-state index in [1.54, 1.807) is 11.3 Å². The Labute approximate surface area is 95.9 Å². The van der Waals surface area contributed by atoms with Crippen LogP contribution in [0.3, 0.4) is 0 Å². The van der Waals surface area contributed by atoms with Gasteiger partial charge in [-0.3, -0.25) is 0 Å². The van der Waals surface area contributed by atoms with E-state index in [0.717, 1.165) is 25.6 Å². The molecule has 0 aliphatic heterocycles. The molecule has 0 saturated heterocycles. The third-order valence-electron chi connectivity index (χ3n) is 1.90. The quantitative estimate of drug-likeness (QED) is 0.555. The van der Waals surface area contributed by atoms with E-state index in [0.29, 0.717) is 5.88 Å². The van der Waals surface area contributed by atoms with E-state index in [1.165, 1.54) is 0 Å². The molecule has 0 radical (unpaired) electrons. The molecule has 0 spiro atoms. The second kappa shape index (κ2) is 3.70. The van der Waals surface area contributed by atoms with Gasteiger partial charge >= 0.3 is 0 Å². The van der Waals surface area contributed by atoms with E-state index < -0.39 is 0 Å². The Morgan fingerprint density at radius 1 is 1.46 bits per heavy atom. The molecule has 13 heavy (non-hydrogen) atoms. The Morgan fingerprint density at radius 2 is 2.23 bits per heavy atom. The van der Waals surface area contributed by atoms with Crippen molar-refractivity contribution in [3.8, 4) is 0 Å². The highest BCUT2D eigenvalue weighted by molar-refractivity contribution is 7.80. The SMILES string of the molecule is Sc1cc2ccsc2c(Cl)c1CCl. The minimum Gasteiger partial charge on any atom is -0.143 e. The number of thiophene rings is 1. The van der Waals surface area contributed by atoms with Crippen LogP contribution in [0, 0.1) is 0 Å². The Hall–Kier alpha value is 0.110. The van der Waals surface area contributed by atoms with Gasteiger partial charge in [0.05, 0.1) is 9.72 Å². The number of thiol groups is 1. The van der Waals surface area contributed by atoms with Crippen LogP contribution in [0.2, 0.25) is 5.02 Å². The van der Waals surface area contributed by atoms with E-state index in [4.69, 9.17) is 23.2 Å². The fraction of sp³-hybridized carbons (Fsp3) is 0.111. The van der Waals surface area contributed by atoms with Crippen LogP contribution < -0.4 is 0 Å². The molecule has 1 aromatic heterocycles. The summed E-state index contributed by atoms with van der Waals surface area (Å²) >= 11 is 17.9. The van der Waals surface area contributed by atoms with Crippen LogP contribution in [-0.2, 0) is 5.88 Å². The molecule has 0 bridgehead atoms. The average Bonchev–Trinajstić information content (AvgIpc) is 2.53. The Balaban J connectivity index is 2.85. The van der Waals surface area contributed by atoms with Crippen LogP contribution >= 0.6 is 47.2 Å². The molecule has 0 aliphatic rings. The van der Waals surface area contributed by atoms with Crippen LogP contribution in [0.5, 0.6) is 0 Å². The van der Waals surface area contributed by atoms with Crippen molar-refractivity contribution in [2.75, 3.05) is 0 Å². The lowest BCUT2D eigenvalue weighted by atomic mass is 10.2. The highest BCUT2D eigenvalue weighted by Gasteiger charge is 2.09. The Morgan fingerprint density at radius 3 is 2.92 bits per heavy atom. The number of hydrogen-bond donors (Lipinski definition) is 1. The summed E-state index contributed by atoms with van der Waals surface area (Å²) < 4.78 is 1.09. The molecule has 0 N–H and O–H groups in total. The summed E-state index contributed by atoms with van der Waals surface area (Å²) in [5.74, 6) is 0.408. The van der Waals surface area contributed by atoms with Crippen molar-refractivity contribution >= 4 is 57.3 Å². The molecule has 0 nitrogen and oxygen atoms in total. The van der Waals surface area contributed by atoms with Crippen LogP contribution in [0.15, 0.2) is 22.4 Å².